The molecule has 1 heterocycles. The van der Waals surface area contributed by atoms with Crippen LogP contribution in [0.2, 0.25) is 0 Å². The van der Waals surface area contributed by atoms with Gasteiger partial charge in [0.15, 0.2) is 0 Å². The van der Waals surface area contributed by atoms with Gasteiger partial charge in [-0.3, -0.25) is 9.52 Å². The third-order valence-electron chi connectivity index (χ3n) is 5.14. The van der Waals surface area contributed by atoms with Crippen molar-refractivity contribution < 1.29 is 17.6 Å². The van der Waals surface area contributed by atoms with Gasteiger partial charge < -0.3 is 4.90 Å². The molecule has 30 heavy (non-hydrogen) atoms. The van der Waals surface area contributed by atoms with Crippen LogP contribution in [0.1, 0.15) is 27.9 Å². The lowest BCUT2D eigenvalue weighted by atomic mass is 10.0. The van der Waals surface area contributed by atoms with Gasteiger partial charge in [0.1, 0.15) is 5.82 Å². The van der Waals surface area contributed by atoms with Gasteiger partial charge in [-0.05, 0) is 67.8 Å². The first kappa shape index (κ1) is 20.1. The molecule has 5 nitrogen and oxygen atoms in total. The maximum absolute atomic E-state index is 13.9. The van der Waals surface area contributed by atoms with Crippen LogP contribution in [0.3, 0.4) is 0 Å². The lowest BCUT2D eigenvalue weighted by Gasteiger charge is -2.30. The third-order valence-corrected chi connectivity index (χ3v) is 6.50. The highest BCUT2D eigenvalue weighted by Crippen LogP contribution is 2.31. The number of anilines is 2. The number of hydrogen-bond acceptors (Lipinski definition) is 3. The summed E-state index contributed by atoms with van der Waals surface area (Å²) in [5.41, 5.74) is 3.04. The zero-order valence-electron chi connectivity index (χ0n) is 16.4. The van der Waals surface area contributed by atoms with Crippen molar-refractivity contribution in [3.05, 3.63) is 89.2 Å². The summed E-state index contributed by atoms with van der Waals surface area (Å²) in [5.74, 6) is -0.759. The molecule has 0 atom stereocenters. The molecule has 7 heteroatoms. The third kappa shape index (κ3) is 3.93. The summed E-state index contributed by atoms with van der Waals surface area (Å²) in [5, 5.41) is 0. The minimum Gasteiger partial charge on any atom is -0.308 e. The Balaban J connectivity index is 1.64. The van der Waals surface area contributed by atoms with Crippen LogP contribution in [0.25, 0.3) is 0 Å². The summed E-state index contributed by atoms with van der Waals surface area (Å²) in [7, 11) is -3.96. The van der Waals surface area contributed by atoms with Crippen LogP contribution >= 0.6 is 0 Å². The summed E-state index contributed by atoms with van der Waals surface area (Å²) in [6, 6.07) is 17.6. The SMILES string of the molecule is Cc1ccc(C(=O)N2CCCc3cc(S(=O)(=O)Nc4ccccc4F)ccc32)cc1. The predicted octanol–water partition coefficient (Wildman–Crippen LogP) is 4.53. The standard InChI is InChI=1S/C23H21FN2O3S/c1-16-8-10-17(11-9-16)23(27)26-14-4-5-18-15-19(12-13-22(18)26)30(28,29)25-21-7-3-2-6-20(21)24/h2-3,6-13,15,25H,4-5,14H2,1H3. The van der Waals surface area contributed by atoms with Crippen LogP contribution < -0.4 is 9.62 Å². The van der Waals surface area contributed by atoms with Crippen LogP contribution in [0.5, 0.6) is 0 Å². The number of para-hydroxylation sites is 1. The van der Waals surface area contributed by atoms with Gasteiger partial charge >= 0.3 is 0 Å². The molecule has 0 fully saturated rings. The van der Waals surface area contributed by atoms with E-state index in [9.17, 15) is 17.6 Å². The molecule has 4 rings (SSSR count). The highest BCUT2D eigenvalue weighted by molar-refractivity contribution is 7.92. The van der Waals surface area contributed by atoms with E-state index in [0.717, 1.165) is 17.5 Å². The fourth-order valence-corrected chi connectivity index (χ4v) is 4.67. The van der Waals surface area contributed by atoms with Crippen LogP contribution in [0.15, 0.2) is 71.6 Å². The molecular formula is C23H21FN2O3S. The van der Waals surface area contributed by atoms with E-state index in [1.807, 2.05) is 19.1 Å². The minimum atomic E-state index is -3.96. The number of amides is 1. The van der Waals surface area contributed by atoms with Gasteiger partial charge in [0.05, 0.1) is 10.6 Å². The summed E-state index contributed by atoms with van der Waals surface area (Å²) in [6.45, 7) is 2.53. The number of sulfonamides is 1. The van der Waals surface area contributed by atoms with Gasteiger partial charge in [-0.25, -0.2) is 12.8 Å². The number of benzene rings is 3. The monoisotopic (exact) mass is 424 g/mol. The van der Waals surface area contributed by atoms with Crippen molar-refractivity contribution in [2.24, 2.45) is 0 Å². The fourth-order valence-electron chi connectivity index (χ4n) is 3.55. The minimum absolute atomic E-state index is 0.0362. The van der Waals surface area contributed by atoms with Crippen molar-refractivity contribution in [3.8, 4) is 0 Å². The molecule has 0 aliphatic carbocycles. The second kappa shape index (κ2) is 7.91. The number of hydrogen-bond donors (Lipinski definition) is 1. The van der Waals surface area contributed by atoms with E-state index in [0.29, 0.717) is 24.2 Å². The molecule has 0 saturated carbocycles. The van der Waals surface area contributed by atoms with Crippen molar-refractivity contribution in [2.75, 3.05) is 16.2 Å². The Morgan fingerprint density at radius 3 is 2.50 bits per heavy atom. The van der Waals surface area contributed by atoms with Crippen molar-refractivity contribution >= 4 is 27.3 Å². The smallest absolute Gasteiger partial charge is 0.261 e. The van der Waals surface area contributed by atoms with Crippen molar-refractivity contribution in [1.29, 1.82) is 0 Å². The van der Waals surface area contributed by atoms with Crippen LogP contribution in [0.4, 0.5) is 15.8 Å². The molecule has 1 amide bonds. The highest BCUT2D eigenvalue weighted by atomic mass is 32.2. The number of aryl methyl sites for hydroxylation is 2. The zero-order chi connectivity index (χ0) is 21.3. The summed E-state index contributed by atoms with van der Waals surface area (Å²) >= 11 is 0. The molecule has 3 aromatic carbocycles. The Morgan fingerprint density at radius 1 is 1.03 bits per heavy atom. The Hall–Kier alpha value is -3.19. The number of nitrogens with one attached hydrogen (secondary N) is 1. The molecule has 1 N–H and O–H groups in total. The molecular weight excluding hydrogens is 403 g/mol. The summed E-state index contributed by atoms with van der Waals surface area (Å²) < 4.78 is 41.7. The fraction of sp³-hybridized carbons (Fsp3) is 0.174. The highest BCUT2D eigenvalue weighted by Gasteiger charge is 2.26. The van der Waals surface area contributed by atoms with Crippen molar-refractivity contribution in [1.82, 2.24) is 0 Å². The van der Waals surface area contributed by atoms with E-state index in [-0.39, 0.29) is 16.5 Å². The Labute approximate surface area is 175 Å². The molecule has 0 aromatic heterocycles. The first-order valence-electron chi connectivity index (χ1n) is 9.64. The largest absolute Gasteiger partial charge is 0.308 e. The predicted molar refractivity (Wildman–Crippen MR) is 115 cm³/mol. The van der Waals surface area contributed by atoms with Crippen LogP contribution in [0, 0.1) is 12.7 Å². The average Bonchev–Trinajstić information content (AvgIpc) is 2.74. The maximum atomic E-state index is 13.9. The molecule has 3 aromatic rings. The molecule has 0 saturated heterocycles. The van der Waals surface area contributed by atoms with Crippen LogP contribution in [-0.4, -0.2) is 20.9 Å². The van der Waals surface area contributed by atoms with Gasteiger partial charge in [-0.2, -0.15) is 0 Å². The first-order valence-corrected chi connectivity index (χ1v) is 11.1. The number of nitrogens with zero attached hydrogens (tertiary/aromatic N) is 1. The van der Waals surface area contributed by atoms with Gasteiger partial charge in [0.25, 0.3) is 15.9 Å². The lowest BCUT2D eigenvalue weighted by molar-refractivity contribution is 0.0985. The van der Waals surface area contributed by atoms with E-state index in [1.54, 1.807) is 35.2 Å². The van der Waals surface area contributed by atoms with Gasteiger partial charge in [0, 0.05) is 17.8 Å². The second-order valence-electron chi connectivity index (χ2n) is 7.30. The van der Waals surface area contributed by atoms with Gasteiger partial charge in [-0.15, -0.1) is 0 Å². The average molecular weight is 424 g/mol. The van der Waals surface area contributed by atoms with Gasteiger partial charge in [0.2, 0.25) is 0 Å². The molecule has 154 valence electrons. The first-order chi connectivity index (χ1) is 14.3. The molecule has 0 radical (unpaired) electrons. The number of rotatable bonds is 4. The number of halogens is 1. The van der Waals surface area contributed by atoms with Gasteiger partial charge in [-0.1, -0.05) is 29.8 Å². The van der Waals surface area contributed by atoms with E-state index >= 15 is 0 Å². The van der Waals surface area contributed by atoms with Crippen molar-refractivity contribution in [3.63, 3.8) is 0 Å². The maximum Gasteiger partial charge on any atom is 0.261 e. The lowest BCUT2D eigenvalue weighted by Crippen LogP contribution is -2.35. The summed E-state index contributed by atoms with van der Waals surface area (Å²) in [4.78, 5) is 14.7. The Bertz CT molecular complexity index is 1210. The Morgan fingerprint density at radius 2 is 1.77 bits per heavy atom. The number of fused-ring (bicyclic) bond motifs is 1. The second-order valence-corrected chi connectivity index (χ2v) is 8.98. The van der Waals surface area contributed by atoms with E-state index in [1.165, 1.54) is 24.3 Å². The topological polar surface area (TPSA) is 66.5 Å². The van der Waals surface area contributed by atoms with E-state index in [2.05, 4.69) is 4.72 Å². The number of carbonyl (C=O) groups is 1. The number of carbonyl (C=O) groups excluding carboxylic acids is 1. The normalized spacial score (nSPS) is 13.6. The quantitative estimate of drug-likeness (QED) is 0.669. The molecule has 1 aliphatic rings. The molecule has 0 spiro atoms. The van der Waals surface area contributed by atoms with Crippen molar-refractivity contribution in [2.45, 2.75) is 24.7 Å². The molecule has 1 aliphatic heterocycles. The Kier molecular flexibility index (Phi) is 5.30. The van der Waals surface area contributed by atoms with E-state index < -0.39 is 15.8 Å². The molecule has 0 unspecified atom stereocenters. The molecule has 0 bridgehead atoms. The zero-order valence-corrected chi connectivity index (χ0v) is 17.2. The van der Waals surface area contributed by atoms with E-state index in [4.69, 9.17) is 0 Å². The van der Waals surface area contributed by atoms with Crippen LogP contribution in [-0.2, 0) is 16.4 Å². The summed E-state index contributed by atoms with van der Waals surface area (Å²) in [6.07, 6.45) is 1.39.